The van der Waals surface area contributed by atoms with Gasteiger partial charge in [0.1, 0.15) is 5.75 Å². The number of methoxy groups -OCH3 is 1. The average Bonchev–Trinajstić information content (AvgIpc) is 2.85. The van der Waals surface area contributed by atoms with Crippen LogP contribution < -0.4 is 10.1 Å². The van der Waals surface area contributed by atoms with Crippen LogP contribution >= 0.6 is 0 Å². The highest BCUT2D eigenvalue weighted by atomic mass is 16.5. The number of hydrogen-bond donors (Lipinski definition) is 1. The summed E-state index contributed by atoms with van der Waals surface area (Å²) >= 11 is 0. The molecule has 0 amide bonds. The van der Waals surface area contributed by atoms with Gasteiger partial charge in [0.2, 0.25) is 0 Å². The van der Waals surface area contributed by atoms with E-state index in [0.29, 0.717) is 0 Å². The zero-order chi connectivity index (χ0) is 13.5. The summed E-state index contributed by atoms with van der Waals surface area (Å²) in [5.41, 5.74) is 3.51. The largest absolute Gasteiger partial charge is 0.497 e. The minimum atomic E-state index is 0.0539. The van der Waals surface area contributed by atoms with Crippen molar-refractivity contribution in [2.45, 2.75) is 32.2 Å². The lowest BCUT2D eigenvalue weighted by Gasteiger charge is -2.27. The third kappa shape index (κ3) is 2.08. The Labute approximate surface area is 114 Å². The predicted octanol–water partition coefficient (Wildman–Crippen LogP) is 3.15. The molecule has 1 saturated heterocycles. The number of rotatable bonds is 2. The molecule has 1 aliphatic rings. The fourth-order valence-corrected chi connectivity index (χ4v) is 3.05. The van der Waals surface area contributed by atoms with Gasteiger partial charge >= 0.3 is 0 Å². The number of aryl methyl sites for hydroxylation is 1. The molecule has 0 saturated carbocycles. The first-order valence-corrected chi connectivity index (χ1v) is 6.83. The molecule has 0 radical (unpaired) electrons. The second kappa shape index (κ2) is 4.49. The smallest absolute Gasteiger partial charge is 0.119 e. The number of pyridine rings is 1. The van der Waals surface area contributed by atoms with Gasteiger partial charge in [-0.3, -0.25) is 4.98 Å². The SMILES string of the molecule is COc1ccc2nc(C)cc(C3(C)CCCN3)c2c1. The molecule has 0 spiro atoms. The third-order valence-electron chi connectivity index (χ3n) is 4.11. The van der Waals surface area contributed by atoms with Crippen molar-refractivity contribution in [1.82, 2.24) is 10.3 Å². The molecule has 1 N–H and O–H groups in total. The summed E-state index contributed by atoms with van der Waals surface area (Å²) < 4.78 is 5.35. The maximum atomic E-state index is 5.35. The highest BCUT2D eigenvalue weighted by molar-refractivity contribution is 5.85. The van der Waals surface area contributed by atoms with Gasteiger partial charge in [0.25, 0.3) is 0 Å². The zero-order valence-electron chi connectivity index (χ0n) is 11.8. The summed E-state index contributed by atoms with van der Waals surface area (Å²) in [6, 6.07) is 8.33. The second-order valence-electron chi connectivity index (χ2n) is 5.56. The van der Waals surface area contributed by atoms with Gasteiger partial charge < -0.3 is 10.1 Å². The van der Waals surface area contributed by atoms with Crippen molar-refractivity contribution >= 4 is 10.9 Å². The maximum absolute atomic E-state index is 5.35. The van der Waals surface area contributed by atoms with E-state index in [1.807, 2.05) is 12.1 Å². The van der Waals surface area contributed by atoms with Crippen LogP contribution in [-0.2, 0) is 5.54 Å². The number of ether oxygens (including phenoxy) is 1. The Morgan fingerprint density at radius 2 is 2.16 bits per heavy atom. The topological polar surface area (TPSA) is 34.1 Å². The molecule has 3 rings (SSSR count). The van der Waals surface area contributed by atoms with Gasteiger partial charge in [-0.25, -0.2) is 0 Å². The van der Waals surface area contributed by atoms with Crippen LogP contribution in [0.4, 0.5) is 0 Å². The van der Waals surface area contributed by atoms with Crippen LogP contribution in [-0.4, -0.2) is 18.6 Å². The average molecular weight is 256 g/mol. The molecule has 1 aromatic heterocycles. The highest BCUT2D eigenvalue weighted by Crippen LogP contribution is 2.36. The van der Waals surface area contributed by atoms with Crippen LogP contribution in [0, 0.1) is 6.92 Å². The van der Waals surface area contributed by atoms with E-state index in [1.54, 1.807) is 7.11 Å². The van der Waals surface area contributed by atoms with E-state index in [-0.39, 0.29) is 5.54 Å². The van der Waals surface area contributed by atoms with Crippen molar-refractivity contribution in [3.05, 3.63) is 35.5 Å². The van der Waals surface area contributed by atoms with Crippen LogP contribution in [0.15, 0.2) is 24.3 Å². The lowest BCUT2D eigenvalue weighted by Crippen LogP contribution is -2.33. The van der Waals surface area contributed by atoms with E-state index in [4.69, 9.17) is 4.74 Å². The minimum Gasteiger partial charge on any atom is -0.497 e. The maximum Gasteiger partial charge on any atom is 0.119 e. The highest BCUT2D eigenvalue weighted by Gasteiger charge is 2.31. The Kier molecular flexibility index (Phi) is 2.94. The molecule has 2 heterocycles. The summed E-state index contributed by atoms with van der Waals surface area (Å²) in [4.78, 5) is 4.63. The van der Waals surface area contributed by atoms with Gasteiger partial charge in [-0.15, -0.1) is 0 Å². The lowest BCUT2D eigenvalue weighted by atomic mass is 9.87. The number of hydrogen-bond acceptors (Lipinski definition) is 3. The standard InChI is InChI=1S/C16H20N2O/c1-11-9-14(16(2)7-4-8-17-16)13-10-12(19-3)5-6-15(13)18-11/h5-6,9-10,17H,4,7-8H2,1-3H3. The first kappa shape index (κ1) is 12.4. The summed E-state index contributed by atoms with van der Waals surface area (Å²) in [5.74, 6) is 0.890. The van der Waals surface area contributed by atoms with Gasteiger partial charge in [0.05, 0.1) is 12.6 Å². The molecule has 1 unspecified atom stereocenters. The molecular weight excluding hydrogens is 236 g/mol. The number of nitrogens with one attached hydrogen (secondary N) is 1. The molecular formula is C16H20N2O. The molecule has 1 aromatic carbocycles. The van der Waals surface area contributed by atoms with Crippen molar-refractivity contribution in [2.24, 2.45) is 0 Å². The number of fused-ring (bicyclic) bond motifs is 1. The van der Waals surface area contributed by atoms with Crippen molar-refractivity contribution in [3.8, 4) is 5.75 Å². The minimum absolute atomic E-state index is 0.0539. The predicted molar refractivity (Wildman–Crippen MR) is 77.6 cm³/mol. The quantitative estimate of drug-likeness (QED) is 0.896. The van der Waals surface area contributed by atoms with Gasteiger partial charge in [-0.1, -0.05) is 0 Å². The number of benzene rings is 1. The molecule has 1 atom stereocenters. The van der Waals surface area contributed by atoms with Gasteiger partial charge in [0.15, 0.2) is 0 Å². The molecule has 3 heteroatoms. The van der Waals surface area contributed by atoms with Gasteiger partial charge in [-0.2, -0.15) is 0 Å². The van der Waals surface area contributed by atoms with Crippen LogP contribution in [0.1, 0.15) is 31.0 Å². The van der Waals surface area contributed by atoms with Crippen molar-refractivity contribution in [1.29, 1.82) is 0 Å². The number of nitrogens with zero attached hydrogens (tertiary/aromatic N) is 1. The summed E-state index contributed by atoms with van der Waals surface area (Å²) in [5, 5.41) is 4.83. The first-order valence-electron chi connectivity index (χ1n) is 6.83. The van der Waals surface area contributed by atoms with E-state index in [9.17, 15) is 0 Å². The van der Waals surface area contributed by atoms with Gasteiger partial charge in [-0.05, 0) is 63.1 Å². The molecule has 1 fully saturated rings. The Morgan fingerprint density at radius 1 is 1.32 bits per heavy atom. The normalized spacial score (nSPS) is 22.9. The van der Waals surface area contributed by atoms with Crippen LogP contribution in [0.2, 0.25) is 0 Å². The van der Waals surface area contributed by atoms with Crippen molar-refractivity contribution in [3.63, 3.8) is 0 Å². The fourth-order valence-electron chi connectivity index (χ4n) is 3.05. The molecule has 0 aliphatic carbocycles. The lowest BCUT2D eigenvalue weighted by molar-refractivity contribution is 0.414. The van der Waals surface area contributed by atoms with E-state index in [1.165, 1.54) is 23.8 Å². The summed E-state index contributed by atoms with van der Waals surface area (Å²) in [6.07, 6.45) is 2.39. The summed E-state index contributed by atoms with van der Waals surface area (Å²) in [7, 11) is 1.71. The Balaban J connectivity index is 2.26. The first-order chi connectivity index (χ1) is 9.12. The molecule has 2 aromatic rings. The number of aromatic nitrogens is 1. The Morgan fingerprint density at radius 3 is 2.84 bits per heavy atom. The van der Waals surface area contributed by atoms with Crippen molar-refractivity contribution < 1.29 is 4.74 Å². The molecule has 100 valence electrons. The molecule has 1 aliphatic heterocycles. The Bertz CT molecular complexity index is 615. The molecule has 3 nitrogen and oxygen atoms in total. The summed E-state index contributed by atoms with van der Waals surface area (Å²) in [6.45, 7) is 5.43. The van der Waals surface area contributed by atoms with Crippen LogP contribution in [0.25, 0.3) is 10.9 Å². The monoisotopic (exact) mass is 256 g/mol. The Hall–Kier alpha value is -1.61. The van der Waals surface area contributed by atoms with E-state index in [2.05, 4.69) is 36.3 Å². The third-order valence-corrected chi connectivity index (χ3v) is 4.11. The van der Waals surface area contributed by atoms with E-state index < -0.39 is 0 Å². The fraction of sp³-hybridized carbons (Fsp3) is 0.438. The van der Waals surface area contributed by atoms with Gasteiger partial charge in [0, 0.05) is 16.6 Å². The van der Waals surface area contributed by atoms with Crippen molar-refractivity contribution in [2.75, 3.05) is 13.7 Å². The van der Waals surface area contributed by atoms with Crippen LogP contribution in [0.3, 0.4) is 0 Å². The molecule has 19 heavy (non-hydrogen) atoms. The second-order valence-corrected chi connectivity index (χ2v) is 5.56. The van der Waals surface area contributed by atoms with E-state index >= 15 is 0 Å². The van der Waals surface area contributed by atoms with Crippen LogP contribution in [0.5, 0.6) is 5.75 Å². The zero-order valence-corrected chi connectivity index (χ0v) is 11.8. The molecule has 0 bridgehead atoms. The van der Waals surface area contributed by atoms with E-state index in [0.717, 1.165) is 23.5 Å².